The van der Waals surface area contributed by atoms with E-state index in [1.54, 1.807) is 12.0 Å². The summed E-state index contributed by atoms with van der Waals surface area (Å²) in [7, 11) is 3.05. The molecule has 0 aromatic heterocycles. The Bertz CT molecular complexity index is 764. The Hall–Kier alpha value is -2.21. The van der Waals surface area contributed by atoms with E-state index in [-0.39, 0.29) is 19.1 Å². The zero-order valence-corrected chi connectivity index (χ0v) is 15.9. The summed E-state index contributed by atoms with van der Waals surface area (Å²) >= 11 is 0. The number of nitrogens with zero attached hydrogens (tertiary/aromatic N) is 1. The Balaban J connectivity index is 1.87. The highest BCUT2D eigenvalue weighted by molar-refractivity contribution is 5.81. The molecule has 2 atom stereocenters. The van der Waals surface area contributed by atoms with Crippen LogP contribution in [0.3, 0.4) is 0 Å². The minimum Gasteiger partial charge on any atom is -0.383 e. The first kappa shape index (κ1) is 19.5. The lowest BCUT2D eigenvalue weighted by atomic mass is 9.94. The molecular weight excluding hydrogens is 342 g/mol. The van der Waals surface area contributed by atoms with Gasteiger partial charge in [0.15, 0.2) is 6.10 Å². The first-order valence-electron chi connectivity index (χ1n) is 9.22. The number of carbonyl (C=O) groups is 1. The van der Waals surface area contributed by atoms with Crippen molar-refractivity contribution in [2.75, 3.05) is 27.4 Å². The molecule has 0 bridgehead atoms. The Kier molecular flexibility index (Phi) is 6.26. The van der Waals surface area contributed by atoms with Crippen molar-refractivity contribution in [2.45, 2.75) is 31.1 Å². The summed E-state index contributed by atoms with van der Waals surface area (Å²) in [6, 6.07) is 17.7. The minimum absolute atomic E-state index is 0.176. The molecule has 1 N–H and O–H groups in total. The fraction of sp³-hybridized carbons (Fsp3) is 0.409. The third-order valence-corrected chi connectivity index (χ3v) is 5.18. The molecule has 0 saturated carbocycles. The minimum atomic E-state index is -1.05. The summed E-state index contributed by atoms with van der Waals surface area (Å²) in [6.45, 7) is 0.810. The zero-order chi connectivity index (χ0) is 19.3. The molecule has 3 rings (SSSR count). The normalized spacial score (nSPS) is 19.5. The van der Waals surface area contributed by atoms with Crippen molar-refractivity contribution in [3.05, 3.63) is 71.3 Å². The van der Waals surface area contributed by atoms with Gasteiger partial charge < -0.3 is 19.5 Å². The maximum absolute atomic E-state index is 13.1. The van der Waals surface area contributed by atoms with Crippen molar-refractivity contribution in [3.8, 4) is 0 Å². The first-order chi connectivity index (χ1) is 13.1. The van der Waals surface area contributed by atoms with Crippen LogP contribution in [0, 0.1) is 0 Å². The fourth-order valence-corrected chi connectivity index (χ4v) is 3.76. The number of ether oxygens (including phenoxy) is 2. The summed E-state index contributed by atoms with van der Waals surface area (Å²) in [5.41, 5.74) is 2.02. The van der Waals surface area contributed by atoms with Crippen LogP contribution in [0.1, 0.15) is 23.1 Å². The molecule has 0 spiro atoms. The van der Waals surface area contributed by atoms with E-state index in [2.05, 4.69) is 0 Å². The van der Waals surface area contributed by atoms with Gasteiger partial charge in [0, 0.05) is 20.8 Å². The van der Waals surface area contributed by atoms with E-state index < -0.39 is 11.7 Å². The van der Waals surface area contributed by atoms with Crippen LogP contribution in [-0.2, 0) is 32.8 Å². The van der Waals surface area contributed by atoms with E-state index in [0.29, 0.717) is 13.0 Å². The van der Waals surface area contributed by atoms with Crippen molar-refractivity contribution < 1.29 is 19.4 Å². The van der Waals surface area contributed by atoms with Crippen LogP contribution in [-0.4, -0.2) is 49.4 Å². The predicted molar refractivity (Wildman–Crippen MR) is 103 cm³/mol. The number of carbonyl (C=O) groups excluding carboxylic acids is 1. The van der Waals surface area contributed by atoms with Gasteiger partial charge in [-0.25, -0.2) is 0 Å². The lowest BCUT2D eigenvalue weighted by molar-refractivity contribution is -0.149. The Morgan fingerprint density at radius 3 is 2.56 bits per heavy atom. The highest BCUT2D eigenvalue weighted by Gasteiger charge is 2.40. The standard InChI is InChI=1S/C22H27NO4/c1-26-15-20(27-2)21(24)23(14-17-8-4-3-5-9-17)16-22(25)13-12-18-10-6-7-11-19(18)22/h3-11,20,25H,12-16H2,1-2H3. The number of methoxy groups -OCH3 is 2. The van der Waals surface area contributed by atoms with Gasteiger partial charge in [-0.1, -0.05) is 54.6 Å². The van der Waals surface area contributed by atoms with Crippen molar-refractivity contribution >= 4 is 5.91 Å². The van der Waals surface area contributed by atoms with Crippen molar-refractivity contribution in [1.82, 2.24) is 4.90 Å². The third-order valence-electron chi connectivity index (χ3n) is 5.18. The van der Waals surface area contributed by atoms with Gasteiger partial charge in [-0.15, -0.1) is 0 Å². The number of fused-ring (bicyclic) bond motifs is 1. The quantitative estimate of drug-likeness (QED) is 0.777. The molecule has 0 heterocycles. The monoisotopic (exact) mass is 369 g/mol. The molecule has 0 aliphatic heterocycles. The molecule has 0 saturated heterocycles. The molecular formula is C22H27NO4. The zero-order valence-electron chi connectivity index (χ0n) is 15.9. The SMILES string of the molecule is COCC(OC)C(=O)N(Cc1ccccc1)CC1(O)CCc2ccccc21. The molecule has 2 aromatic rings. The maximum Gasteiger partial charge on any atom is 0.254 e. The molecule has 0 radical (unpaired) electrons. The summed E-state index contributed by atoms with van der Waals surface area (Å²) in [5, 5.41) is 11.4. The summed E-state index contributed by atoms with van der Waals surface area (Å²) in [6.07, 6.45) is 0.720. The number of rotatable bonds is 8. The van der Waals surface area contributed by atoms with Crippen LogP contribution in [0.15, 0.2) is 54.6 Å². The average molecular weight is 369 g/mol. The van der Waals surface area contributed by atoms with Gasteiger partial charge >= 0.3 is 0 Å². The van der Waals surface area contributed by atoms with Gasteiger partial charge in [-0.3, -0.25) is 4.79 Å². The molecule has 1 aliphatic carbocycles. The van der Waals surface area contributed by atoms with Crippen molar-refractivity contribution in [3.63, 3.8) is 0 Å². The summed E-state index contributed by atoms with van der Waals surface area (Å²) in [4.78, 5) is 14.8. The number of hydrogen-bond donors (Lipinski definition) is 1. The third kappa shape index (κ3) is 4.38. The molecule has 27 heavy (non-hydrogen) atoms. The summed E-state index contributed by atoms with van der Waals surface area (Å²) < 4.78 is 10.5. The van der Waals surface area contributed by atoms with Gasteiger partial charge in [0.25, 0.3) is 5.91 Å². The second-order valence-electron chi connectivity index (χ2n) is 7.05. The number of hydrogen-bond acceptors (Lipinski definition) is 4. The van der Waals surface area contributed by atoms with Crippen LogP contribution in [0.25, 0.3) is 0 Å². The molecule has 2 aromatic carbocycles. The Morgan fingerprint density at radius 2 is 1.85 bits per heavy atom. The maximum atomic E-state index is 13.1. The first-order valence-corrected chi connectivity index (χ1v) is 9.22. The molecule has 2 unspecified atom stereocenters. The average Bonchev–Trinajstić information content (AvgIpc) is 3.03. The summed E-state index contributed by atoms with van der Waals surface area (Å²) in [5.74, 6) is -0.180. The van der Waals surface area contributed by atoms with E-state index in [9.17, 15) is 9.90 Å². The van der Waals surface area contributed by atoms with E-state index >= 15 is 0 Å². The van der Waals surface area contributed by atoms with Crippen LogP contribution < -0.4 is 0 Å². The smallest absolute Gasteiger partial charge is 0.254 e. The molecule has 5 heteroatoms. The molecule has 144 valence electrons. The highest BCUT2D eigenvalue weighted by atomic mass is 16.5. The number of aryl methyl sites for hydroxylation is 1. The van der Waals surface area contributed by atoms with Crippen molar-refractivity contribution in [2.24, 2.45) is 0 Å². The molecule has 1 amide bonds. The molecule has 1 aliphatic rings. The van der Waals surface area contributed by atoms with E-state index in [1.807, 2.05) is 54.6 Å². The van der Waals surface area contributed by atoms with Crippen LogP contribution >= 0.6 is 0 Å². The lowest BCUT2D eigenvalue weighted by Crippen LogP contribution is -2.48. The van der Waals surface area contributed by atoms with E-state index in [1.165, 1.54) is 7.11 Å². The lowest BCUT2D eigenvalue weighted by Gasteiger charge is -2.34. The van der Waals surface area contributed by atoms with Gasteiger partial charge in [-0.2, -0.15) is 0 Å². The predicted octanol–water partition coefficient (Wildman–Crippen LogP) is 2.51. The van der Waals surface area contributed by atoms with Crippen LogP contribution in [0.5, 0.6) is 0 Å². The molecule has 0 fully saturated rings. The number of benzene rings is 2. The van der Waals surface area contributed by atoms with Gasteiger partial charge in [-0.05, 0) is 29.5 Å². The van der Waals surface area contributed by atoms with Crippen LogP contribution in [0.4, 0.5) is 0 Å². The second kappa shape index (κ2) is 8.65. The fourth-order valence-electron chi connectivity index (χ4n) is 3.76. The van der Waals surface area contributed by atoms with E-state index in [4.69, 9.17) is 9.47 Å². The molecule has 5 nitrogen and oxygen atoms in total. The van der Waals surface area contributed by atoms with Gasteiger partial charge in [0.05, 0.1) is 13.2 Å². The van der Waals surface area contributed by atoms with Crippen LogP contribution in [0.2, 0.25) is 0 Å². The van der Waals surface area contributed by atoms with E-state index in [0.717, 1.165) is 23.1 Å². The topological polar surface area (TPSA) is 59.0 Å². The van der Waals surface area contributed by atoms with Gasteiger partial charge in [0.2, 0.25) is 0 Å². The number of aliphatic hydroxyl groups is 1. The Labute approximate surface area is 160 Å². The highest BCUT2D eigenvalue weighted by Crippen LogP contribution is 2.37. The number of amides is 1. The van der Waals surface area contributed by atoms with Crippen molar-refractivity contribution in [1.29, 1.82) is 0 Å². The largest absolute Gasteiger partial charge is 0.383 e. The second-order valence-corrected chi connectivity index (χ2v) is 7.05. The Morgan fingerprint density at radius 1 is 1.15 bits per heavy atom. The van der Waals surface area contributed by atoms with Gasteiger partial charge in [0.1, 0.15) is 5.60 Å².